The second-order valence-corrected chi connectivity index (χ2v) is 4.07. The lowest BCUT2D eigenvalue weighted by atomic mass is 10.2. The molecule has 0 N–H and O–H groups in total. The maximum absolute atomic E-state index is 11.0. The molecule has 0 rings (SSSR count). The molecule has 1 nitrogen and oxygen atoms in total. The van der Waals surface area contributed by atoms with Crippen LogP contribution >= 0.6 is 0 Å². The zero-order chi connectivity index (χ0) is 13.5. The topological polar surface area (TPSA) is 17.1 Å². The van der Waals surface area contributed by atoms with Crippen molar-refractivity contribution in [1.29, 1.82) is 0 Å². The van der Waals surface area contributed by atoms with Crippen LogP contribution in [-0.4, -0.2) is 5.78 Å². The fraction of sp³-hybridized carbons (Fsp3) is 0.471. The minimum absolute atomic E-state index is 0.285. The number of carbonyl (C=O) groups is 1. The summed E-state index contributed by atoms with van der Waals surface area (Å²) in [5.74, 6) is 6.18. The van der Waals surface area contributed by atoms with Gasteiger partial charge >= 0.3 is 0 Å². The zero-order valence-corrected chi connectivity index (χ0v) is 11.5. The first-order valence-electron chi connectivity index (χ1n) is 6.74. The Hall–Kier alpha value is -1.55. The fourth-order valence-corrected chi connectivity index (χ4v) is 1.34. The molecule has 0 aliphatic heterocycles. The van der Waals surface area contributed by atoms with Crippen molar-refractivity contribution < 1.29 is 4.79 Å². The molecule has 0 atom stereocenters. The van der Waals surface area contributed by atoms with Crippen LogP contribution in [0.5, 0.6) is 0 Å². The van der Waals surface area contributed by atoms with Crippen LogP contribution in [0.3, 0.4) is 0 Å². The van der Waals surface area contributed by atoms with Crippen LogP contribution in [0.1, 0.15) is 51.9 Å². The Bertz CT molecular complexity index is 336. The first-order chi connectivity index (χ1) is 8.81. The third-order valence-electron chi connectivity index (χ3n) is 2.48. The van der Waals surface area contributed by atoms with E-state index in [0.29, 0.717) is 19.3 Å². The lowest BCUT2D eigenvalue weighted by Crippen LogP contribution is -1.92. The lowest BCUT2D eigenvalue weighted by Gasteiger charge is -1.90. The molecule has 0 heterocycles. The van der Waals surface area contributed by atoms with Crippen molar-refractivity contribution in [1.82, 2.24) is 0 Å². The average Bonchev–Trinajstić information content (AvgIpc) is 2.39. The van der Waals surface area contributed by atoms with Crippen molar-refractivity contribution in [2.75, 3.05) is 0 Å². The van der Waals surface area contributed by atoms with Gasteiger partial charge in [0.15, 0.2) is 0 Å². The van der Waals surface area contributed by atoms with Gasteiger partial charge in [-0.25, -0.2) is 0 Å². The molecule has 1 heteroatoms. The minimum Gasteiger partial charge on any atom is -0.300 e. The molecule has 0 radical (unpaired) electrons. The first kappa shape index (κ1) is 16.4. The predicted octanol–water partition coefficient (Wildman–Crippen LogP) is 4.61. The third-order valence-corrected chi connectivity index (χ3v) is 2.48. The summed E-state index contributed by atoms with van der Waals surface area (Å²) in [6.45, 7) is 5.58. The van der Waals surface area contributed by atoms with Gasteiger partial charge in [0.05, 0.1) is 0 Å². The van der Waals surface area contributed by atoms with Crippen molar-refractivity contribution in [3.63, 3.8) is 0 Å². The maximum atomic E-state index is 11.0. The van der Waals surface area contributed by atoms with Gasteiger partial charge < -0.3 is 0 Å². The summed E-state index contributed by atoms with van der Waals surface area (Å²) in [6, 6.07) is 0. The van der Waals surface area contributed by atoms with Crippen LogP contribution in [0.4, 0.5) is 0 Å². The van der Waals surface area contributed by atoms with Crippen molar-refractivity contribution >= 4 is 5.78 Å². The SMILES string of the molecule is C=CCCCCC=CC=CC#CCCC(=O)CC. The zero-order valence-electron chi connectivity index (χ0n) is 11.5. The van der Waals surface area contributed by atoms with Crippen molar-refractivity contribution in [3.05, 3.63) is 37.0 Å². The van der Waals surface area contributed by atoms with E-state index in [2.05, 4.69) is 24.5 Å². The molecule has 0 aliphatic rings. The quantitative estimate of drug-likeness (QED) is 0.250. The van der Waals surface area contributed by atoms with Gasteiger partial charge in [0, 0.05) is 19.3 Å². The number of Topliss-reactive ketones (excluding diaryl/α,β-unsaturated/α-hetero) is 1. The Morgan fingerprint density at radius 3 is 2.72 bits per heavy atom. The second kappa shape index (κ2) is 13.5. The molecule has 0 aromatic heterocycles. The summed E-state index contributed by atoms with van der Waals surface area (Å²) < 4.78 is 0. The molecule has 0 aromatic carbocycles. The normalized spacial score (nSPS) is 10.5. The lowest BCUT2D eigenvalue weighted by molar-refractivity contribution is -0.118. The van der Waals surface area contributed by atoms with E-state index in [-0.39, 0.29) is 5.78 Å². The Balaban J connectivity index is 3.52. The molecule has 0 aliphatic carbocycles. The summed E-state index contributed by atoms with van der Waals surface area (Å²) in [7, 11) is 0. The highest BCUT2D eigenvalue weighted by Crippen LogP contribution is 2.00. The van der Waals surface area contributed by atoms with E-state index in [1.807, 2.05) is 31.2 Å². The molecule has 0 spiro atoms. The summed E-state index contributed by atoms with van der Waals surface area (Å²) >= 11 is 0. The summed E-state index contributed by atoms with van der Waals surface area (Å²) in [6.07, 6.45) is 16.4. The largest absolute Gasteiger partial charge is 0.300 e. The standard InChI is InChI=1S/C17H24O/c1-3-5-6-7-8-9-10-11-12-13-14-15-16-17(18)4-2/h3,9-12H,1,4-8,15-16H2,2H3. The highest BCUT2D eigenvalue weighted by molar-refractivity contribution is 5.78. The van der Waals surface area contributed by atoms with E-state index in [9.17, 15) is 4.79 Å². The Labute approximate surface area is 112 Å². The van der Waals surface area contributed by atoms with Gasteiger partial charge in [0.25, 0.3) is 0 Å². The first-order valence-corrected chi connectivity index (χ1v) is 6.74. The van der Waals surface area contributed by atoms with Gasteiger partial charge in [-0.1, -0.05) is 43.1 Å². The van der Waals surface area contributed by atoms with E-state index in [0.717, 1.165) is 12.8 Å². The smallest absolute Gasteiger partial charge is 0.133 e. The maximum Gasteiger partial charge on any atom is 0.133 e. The van der Waals surface area contributed by atoms with E-state index in [1.165, 1.54) is 12.8 Å². The molecule has 0 unspecified atom stereocenters. The molecule has 0 aromatic rings. The van der Waals surface area contributed by atoms with E-state index in [4.69, 9.17) is 0 Å². The van der Waals surface area contributed by atoms with Crippen LogP contribution in [0.2, 0.25) is 0 Å². The van der Waals surface area contributed by atoms with Gasteiger partial charge in [0.1, 0.15) is 5.78 Å². The molecule has 0 saturated carbocycles. The second-order valence-electron chi connectivity index (χ2n) is 4.07. The number of ketones is 1. The number of rotatable bonds is 9. The van der Waals surface area contributed by atoms with E-state index in [1.54, 1.807) is 0 Å². The Morgan fingerprint density at radius 1 is 1.22 bits per heavy atom. The van der Waals surface area contributed by atoms with Crippen LogP contribution in [0.25, 0.3) is 0 Å². The molecule has 0 amide bonds. The number of unbranched alkanes of at least 4 members (excludes halogenated alkanes) is 3. The monoisotopic (exact) mass is 244 g/mol. The van der Waals surface area contributed by atoms with Crippen molar-refractivity contribution in [3.8, 4) is 11.8 Å². The Kier molecular flexibility index (Phi) is 12.4. The minimum atomic E-state index is 0.285. The van der Waals surface area contributed by atoms with Crippen LogP contribution in [0.15, 0.2) is 37.0 Å². The highest BCUT2D eigenvalue weighted by Gasteiger charge is 1.93. The van der Waals surface area contributed by atoms with Crippen LogP contribution in [-0.2, 0) is 4.79 Å². The number of carbonyl (C=O) groups excluding carboxylic acids is 1. The van der Waals surface area contributed by atoms with Gasteiger partial charge in [-0.05, 0) is 31.8 Å². The molecule has 18 heavy (non-hydrogen) atoms. The van der Waals surface area contributed by atoms with Crippen molar-refractivity contribution in [2.24, 2.45) is 0 Å². The van der Waals surface area contributed by atoms with Gasteiger partial charge in [0.2, 0.25) is 0 Å². The molecule has 0 saturated heterocycles. The Morgan fingerprint density at radius 2 is 2.00 bits per heavy atom. The molecular weight excluding hydrogens is 220 g/mol. The van der Waals surface area contributed by atoms with E-state index < -0.39 is 0 Å². The third kappa shape index (κ3) is 12.5. The van der Waals surface area contributed by atoms with Crippen LogP contribution < -0.4 is 0 Å². The fourth-order valence-electron chi connectivity index (χ4n) is 1.34. The van der Waals surface area contributed by atoms with Gasteiger partial charge in [-0.2, -0.15) is 0 Å². The predicted molar refractivity (Wildman–Crippen MR) is 79.3 cm³/mol. The van der Waals surface area contributed by atoms with Gasteiger partial charge in [-0.15, -0.1) is 6.58 Å². The summed E-state index contributed by atoms with van der Waals surface area (Å²) in [5, 5.41) is 0. The molecule has 0 bridgehead atoms. The average molecular weight is 244 g/mol. The number of hydrogen-bond acceptors (Lipinski definition) is 1. The van der Waals surface area contributed by atoms with E-state index >= 15 is 0 Å². The molecule has 98 valence electrons. The summed E-state index contributed by atoms with van der Waals surface area (Å²) in [5.41, 5.74) is 0. The molecular formula is C17H24O. The van der Waals surface area contributed by atoms with Gasteiger partial charge in [-0.3, -0.25) is 4.79 Å². The number of hydrogen-bond donors (Lipinski definition) is 0. The summed E-state index contributed by atoms with van der Waals surface area (Å²) in [4.78, 5) is 11.0. The highest BCUT2D eigenvalue weighted by atomic mass is 16.1. The van der Waals surface area contributed by atoms with Crippen molar-refractivity contribution in [2.45, 2.75) is 51.9 Å². The number of allylic oxidation sites excluding steroid dienone is 5. The molecule has 0 fully saturated rings. The van der Waals surface area contributed by atoms with Crippen LogP contribution in [0, 0.1) is 11.8 Å².